The highest BCUT2D eigenvalue weighted by Crippen LogP contribution is 2.25. The molecular formula is C24H26N2O4. The van der Waals surface area contributed by atoms with Gasteiger partial charge in [-0.3, -0.25) is 9.59 Å². The topological polar surface area (TPSA) is 90.5 Å². The number of carbonyl (C=O) groups excluding carboxylic acids is 2. The number of aromatic nitrogens is 1. The maximum atomic E-state index is 13.2. The minimum atomic E-state index is -1.04. The van der Waals surface area contributed by atoms with Crippen LogP contribution in [0.15, 0.2) is 48.5 Å². The number of fused-ring (bicyclic) bond motifs is 1. The van der Waals surface area contributed by atoms with Gasteiger partial charge in [0, 0.05) is 29.7 Å². The first-order chi connectivity index (χ1) is 14.5. The molecule has 0 unspecified atom stereocenters. The Balaban J connectivity index is 1.89. The molecule has 3 aromatic rings. The second-order valence-corrected chi connectivity index (χ2v) is 7.25. The lowest BCUT2D eigenvalue weighted by Gasteiger charge is -2.21. The SMILES string of the molecule is CCCN(CCc1ccccc1)C(=O)C(=O)c1c(CC)[nH]c2cc(C(=O)O)ccc12. The monoisotopic (exact) mass is 406 g/mol. The third-order valence-corrected chi connectivity index (χ3v) is 5.19. The predicted octanol–water partition coefficient (Wildman–Crippen LogP) is 4.09. The van der Waals surface area contributed by atoms with Gasteiger partial charge < -0.3 is 15.0 Å². The smallest absolute Gasteiger partial charge is 0.335 e. The highest BCUT2D eigenvalue weighted by atomic mass is 16.4. The maximum Gasteiger partial charge on any atom is 0.335 e. The average molecular weight is 406 g/mol. The Labute approximate surface area is 175 Å². The first-order valence-corrected chi connectivity index (χ1v) is 10.2. The predicted molar refractivity (Wildman–Crippen MR) is 116 cm³/mol. The van der Waals surface area contributed by atoms with E-state index in [2.05, 4.69) is 4.98 Å². The van der Waals surface area contributed by atoms with Crippen LogP contribution in [-0.2, 0) is 17.6 Å². The number of ketones is 1. The Hall–Kier alpha value is -3.41. The first-order valence-electron chi connectivity index (χ1n) is 10.2. The summed E-state index contributed by atoms with van der Waals surface area (Å²) in [5.41, 5.74) is 2.78. The van der Waals surface area contributed by atoms with Crippen LogP contribution in [0.1, 0.15) is 52.2 Å². The van der Waals surface area contributed by atoms with E-state index in [4.69, 9.17) is 0 Å². The van der Waals surface area contributed by atoms with Crippen molar-refractivity contribution in [2.24, 2.45) is 0 Å². The van der Waals surface area contributed by atoms with E-state index in [0.717, 1.165) is 12.0 Å². The molecular weight excluding hydrogens is 380 g/mol. The Morgan fingerprint density at radius 2 is 1.73 bits per heavy atom. The van der Waals surface area contributed by atoms with Gasteiger partial charge >= 0.3 is 5.97 Å². The number of hydrogen-bond acceptors (Lipinski definition) is 3. The van der Waals surface area contributed by atoms with Crippen molar-refractivity contribution in [2.75, 3.05) is 13.1 Å². The van der Waals surface area contributed by atoms with E-state index < -0.39 is 17.7 Å². The number of aromatic amines is 1. The molecule has 2 N–H and O–H groups in total. The normalized spacial score (nSPS) is 10.9. The van der Waals surface area contributed by atoms with Gasteiger partial charge in [-0.05, 0) is 37.0 Å². The Morgan fingerprint density at radius 3 is 2.37 bits per heavy atom. The average Bonchev–Trinajstić information content (AvgIpc) is 3.14. The summed E-state index contributed by atoms with van der Waals surface area (Å²) < 4.78 is 0. The van der Waals surface area contributed by atoms with Crippen molar-refractivity contribution in [1.82, 2.24) is 9.88 Å². The molecule has 0 saturated carbocycles. The summed E-state index contributed by atoms with van der Waals surface area (Å²) in [7, 11) is 0. The molecule has 2 aromatic carbocycles. The van der Waals surface area contributed by atoms with E-state index in [1.807, 2.05) is 44.2 Å². The van der Waals surface area contributed by atoms with E-state index in [1.54, 1.807) is 11.0 Å². The van der Waals surface area contributed by atoms with Crippen LogP contribution in [0.25, 0.3) is 10.9 Å². The van der Waals surface area contributed by atoms with Crippen molar-refractivity contribution in [3.63, 3.8) is 0 Å². The van der Waals surface area contributed by atoms with Crippen molar-refractivity contribution < 1.29 is 19.5 Å². The van der Waals surface area contributed by atoms with Crippen LogP contribution in [0.5, 0.6) is 0 Å². The van der Waals surface area contributed by atoms with Crippen LogP contribution in [0.2, 0.25) is 0 Å². The number of rotatable bonds is 9. The molecule has 30 heavy (non-hydrogen) atoms. The molecule has 0 aliphatic carbocycles. The van der Waals surface area contributed by atoms with Gasteiger partial charge in [0.05, 0.1) is 11.1 Å². The van der Waals surface area contributed by atoms with Crippen LogP contribution in [0.3, 0.4) is 0 Å². The zero-order chi connectivity index (χ0) is 21.7. The van der Waals surface area contributed by atoms with Crippen LogP contribution in [0, 0.1) is 0 Å². The second-order valence-electron chi connectivity index (χ2n) is 7.25. The summed E-state index contributed by atoms with van der Waals surface area (Å²) in [6, 6.07) is 14.4. The number of aryl methyl sites for hydroxylation is 1. The summed E-state index contributed by atoms with van der Waals surface area (Å²) in [6.07, 6.45) is 1.96. The molecule has 0 spiro atoms. The molecule has 0 saturated heterocycles. The molecule has 6 heteroatoms. The van der Waals surface area contributed by atoms with Gasteiger partial charge in [-0.15, -0.1) is 0 Å². The Bertz CT molecular complexity index is 1070. The number of H-pyrrole nitrogens is 1. The highest BCUT2D eigenvalue weighted by molar-refractivity contribution is 6.45. The van der Waals surface area contributed by atoms with Crippen molar-refractivity contribution in [3.05, 3.63) is 70.9 Å². The summed E-state index contributed by atoms with van der Waals surface area (Å²) in [6.45, 7) is 4.84. The molecule has 1 aromatic heterocycles. The lowest BCUT2D eigenvalue weighted by atomic mass is 10.0. The number of hydrogen-bond donors (Lipinski definition) is 2. The zero-order valence-corrected chi connectivity index (χ0v) is 17.3. The molecule has 156 valence electrons. The molecule has 3 rings (SSSR count). The summed E-state index contributed by atoms with van der Waals surface area (Å²) in [5, 5.41) is 9.80. The largest absolute Gasteiger partial charge is 0.478 e. The number of nitrogens with one attached hydrogen (secondary N) is 1. The van der Waals surface area contributed by atoms with Gasteiger partial charge in [-0.25, -0.2) is 4.79 Å². The number of carbonyl (C=O) groups is 3. The van der Waals surface area contributed by atoms with Gasteiger partial charge in [0.15, 0.2) is 0 Å². The first kappa shape index (κ1) is 21.3. The van der Waals surface area contributed by atoms with Gasteiger partial charge in [0.25, 0.3) is 11.7 Å². The number of amides is 1. The third-order valence-electron chi connectivity index (χ3n) is 5.19. The molecule has 1 heterocycles. The van der Waals surface area contributed by atoms with Gasteiger partial charge in [-0.2, -0.15) is 0 Å². The van der Waals surface area contributed by atoms with Crippen LogP contribution < -0.4 is 0 Å². The maximum absolute atomic E-state index is 13.2. The summed E-state index contributed by atoms with van der Waals surface area (Å²) in [5.74, 6) is -2.11. The molecule has 1 amide bonds. The molecule has 0 radical (unpaired) electrons. The number of carboxylic acid groups (broad SMARTS) is 1. The van der Waals surface area contributed by atoms with Crippen molar-refractivity contribution >= 4 is 28.6 Å². The number of carboxylic acids is 1. The quantitative estimate of drug-likeness (QED) is 0.414. The fraction of sp³-hybridized carbons (Fsp3) is 0.292. The van der Waals surface area contributed by atoms with Crippen LogP contribution in [0.4, 0.5) is 0 Å². The van der Waals surface area contributed by atoms with Crippen molar-refractivity contribution in [2.45, 2.75) is 33.1 Å². The fourth-order valence-electron chi connectivity index (χ4n) is 3.65. The van der Waals surface area contributed by atoms with Gasteiger partial charge in [-0.1, -0.05) is 50.2 Å². The minimum Gasteiger partial charge on any atom is -0.478 e. The third kappa shape index (κ3) is 4.43. The molecule has 6 nitrogen and oxygen atoms in total. The molecule has 0 atom stereocenters. The van der Waals surface area contributed by atoms with E-state index in [0.29, 0.717) is 48.1 Å². The lowest BCUT2D eigenvalue weighted by Crippen LogP contribution is -2.38. The van der Waals surface area contributed by atoms with E-state index in [9.17, 15) is 19.5 Å². The second kappa shape index (κ2) is 9.39. The Morgan fingerprint density at radius 1 is 1.00 bits per heavy atom. The van der Waals surface area contributed by atoms with Crippen LogP contribution >= 0.6 is 0 Å². The number of Topliss-reactive ketones (excluding diaryl/α,β-unsaturated/α-hetero) is 1. The molecule has 0 fully saturated rings. The summed E-state index contributed by atoms with van der Waals surface area (Å²) in [4.78, 5) is 42.3. The molecule has 0 aliphatic heterocycles. The number of aromatic carboxylic acids is 1. The standard InChI is InChI=1S/C24H26N2O4/c1-3-13-26(14-12-16-8-6-5-7-9-16)23(28)22(27)21-18-11-10-17(24(29)30)15-20(18)25-19(21)4-2/h5-11,15,25H,3-4,12-14H2,1-2H3,(H,29,30). The minimum absolute atomic E-state index is 0.132. The molecule has 0 aliphatic rings. The summed E-state index contributed by atoms with van der Waals surface area (Å²) >= 11 is 0. The Kier molecular flexibility index (Phi) is 6.67. The van der Waals surface area contributed by atoms with E-state index in [-0.39, 0.29) is 5.56 Å². The van der Waals surface area contributed by atoms with E-state index >= 15 is 0 Å². The van der Waals surface area contributed by atoms with Crippen molar-refractivity contribution in [3.8, 4) is 0 Å². The van der Waals surface area contributed by atoms with Crippen LogP contribution in [-0.4, -0.2) is 45.7 Å². The number of benzene rings is 2. The highest BCUT2D eigenvalue weighted by Gasteiger charge is 2.27. The van der Waals surface area contributed by atoms with Gasteiger partial charge in [0.1, 0.15) is 0 Å². The molecule has 0 bridgehead atoms. The van der Waals surface area contributed by atoms with Gasteiger partial charge in [0.2, 0.25) is 0 Å². The van der Waals surface area contributed by atoms with Crippen molar-refractivity contribution in [1.29, 1.82) is 0 Å². The zero-order valence-electron chi connectivity index (χ0n) is 17.3. The number of nitrogens with zero attached hydrogens (tertiary/aromatic N) is 1. The fourth-order valence-corrected chi connectivity index (χ4v) is 3.65. The lowest BCUT2D eigenvalue weighted by molar-refractivity contribution is -0.126. The van der Waals surface area contributed by atoms with E-state index in [1.165, 1.54) is 12.1 Å².